The largest absolute Gasteiger partial charge is 0.421 e. The molecule has 0 amide bonds. The van der Waals surface area contributed by atoms with Crippen LogP contribution in [0.2, 0.25) is 0 Å². The van der Waals surface area contributed by atoms with Gasteiger partial charge in [0.2, 0.25) is 0 Å². The summed E-state index contributed by atoms with van der Waals surface area (Å²) in [6, 6.07) is 0. The molecule has 3 nitrogen and oxygen atoms in total. The SMILES string of the molecule is CC(C)(N)c1nocc1C(F)(F)F. The number of alkyl halides is 3. The number of rotatable bonds is 1. The Balaban J connectivity index is 3.19. The van der Waals surface area contributed by atoms with Gasteiger partial charge >= 0.3 is 6.18 Å². The van der Waals surface area contributed by atoms with Crippen molar-refractivity contribution in [2.24, 2.45) is 5.73 Å². The van der Waals surface area contributed by atoms with Crippen LogP contribution >= 0.6 is 0 Å². The van der Waals surface area contributed by atoms with Crippen LogP contribution in [-0.4, -0.2) is 5.16 Å². The lowest BCUT2D eigenvalue weighted by Gasteiger charge is -2.17. The smallest absolute Gasteiger partial charge is 0.364 e. The van der Waals surface area contributed by atoms with Crippen molar-refractivity contribution in [2.45, 2.75) is 25.6 Å². The molecule has 0 aliphatic heterocycles. The maximum Gasteiger partial charge on any atom is 0.421 e. The van der Waals surface area contributed by atoms with Gasteiger partial charge in [-0.15, -0.1) is 0 Å². The molecule has 6 heteroatoms. The number of aromatic nitrogens is 1. The van der Waals surface area contributed by atoms with E-state index in [-0.39, 0.29) is 5.69 Å². The van der Waals surface area contributed by atoms with Crippen LogP contribution in [-0.2, 0) is 11.7 Å². The molecule has 0 saturated heterocycles. The van der Waals surface area contributed by atoms with E-state index in [0.717, 1.165) is 0 Å². The molecule has 0 saturated carbocycles. The number of halogens is 3. The molecule has 1 heterocycles. The van der Waals surface area contributed by atoms with Gasteiger partial charge in [-0.3, -0.25) is 0 Å². The molecule has 74 valence electrons. The van der Waals surface area contributed by atoms with E-state index in [2.05, 4.69) is 9.68 Å². The summed E-state index contributed by atoms with van der Waals surface area (Å²) in [5.74, 6) is 0. The van der Waals surface area contributed by atoms with Gasteiger partial charge in [-0.1, -0.05) is 5.16 Å². The summed E-state index contributed by atoms with van der Waals surface area (Å²) < 4.78 is 41.0. The molecule has 0 spiro atoms. The molecule has 0 fully saturated rings. The first-order chi connectivity index (χ1) is 5.73. The minimum atomic E-state index is -4.47. The van der Waals surface area contributed by atoms with E-state index in [0.29, 0.717) is 6.26 Å². The van der Waals surface area contributed by atoms with E-state index in [1.54, 1.807) is 0 Å². The van der Waals surface area contributed by atoms with Gasteiger partial charge in [-0.2, -0.15) is 13.2 Å². The number of nitrogens with zero attached hydrogens (tertiary/aromatic N) is 1. The maximum absolute atomic E-state index is 12.3. The van der Waals surface area contributed by atoms with Gasteiger partial charge in [0.05, 0.1) is 5.54 Å². The highest BCUT2D eigenvalue weighted by molar-refractivity contribution is 5.24. The van der Waals surface area contributed by atoms with Crippen LogP contribution in [0.1, 0.15) is 25.1 Å². The summed E-state index contributed by atoms with van der Waals surface area (Å²) in [7, 11) is 0. The van der Waals surface area contributed by atoms with Crippen molar-refractivity contribution in [3.8, 4) is 0 Å². The van der Waals surface area contributed by atoms with Gasteiger partial charge in [0.25, 0.3) is 0 Å². The second kappa shape index (κ2) is 2.73. The molecule has 0 aromatic carbocycles. The van der Waals surface area contributed by atoms with Gasteiger partial charge < -0.3 is 10.3 Å². The lowest BCUT2D eigenvalue weighted by Crippen LogP contribution is -2.31. The van der Waals surface area contributed by atoms with Crippen molar-refractivity contribution >= 4 is 0 Å². The Morgan fingerprint density at radius 2 is 1.92 bits per heavy atom. The Hall–Kier alpha value is -1.04. The highest BCUT2D eigenvalue weighted by Gasteiger charge is 2.39. The molecule has 0 aliphatic carbocycles. The van der Waals surface area contributed by atoms with Gasteiger partial charge in [0.15, 0.2) is 0 Å². The van der Waals surface area contributed by atoms with Crippen LogP contribution < -0.4 is 5.73 Å². The summed E-state index contributed by atoms with van der Waals surface area (Å²) >= 11 is 0. The van der Waals surface area contributed by atoms with Crippen LogP contribution in [0.25, 0.3) is 0 Å². The molecule has 0 atom stereocenters. The zero-order valence-corrected chi connectivity index (χ0v) is 7.14. The third-order valence-electron chi connectivity index (χ3n) is 1.49. The van der Waals surface area contributed by atoms with Crippen molar-refractivity contribution in [3.05, 3.63) is 17.5 Å². The monoisotopic (exact) mass is 194 g/mol. The van der Waals surface area contributed by atoms with E-state index >= 15 is 0 Å². The van der Waals surface area contributed by atoms with E-state index < -0.39 is 17.3 Å². The van der Waals surface area contributed by atoms with Gasteiger partial charge in [0, 0.05) is 0 Å². The summed E-state index contributed by atoms with van der Waals surface area (Å²) in [6.45, 7) is 2.86. The van der Waals surface area contributed by atoms with Crippen LogP contribution in [0.4, 0.5) is 13.2 Å². The Labute approximate surface area is 72.7 Å². The maximum atomic E-state index is 12.3. The molecule has 0 bridgehead atoms. The lowest BCUT2D eigenvalue weighted by molar-refractivity contribution is -0.139. The number of hydrogen-bond acceptors (Lipinski definition) is 3. The summed E-state index contributed by atoms with van der Waals surface area (Å²) in [5, 5.41) is 3.23. The zero-order chi connectivity index (χ0) is 10.3. The Bertz CT molecular complexity index is 269. The van der Waals surface area contributed by atoms with Crippen molar-refractivity contribution in [2.75, 3.05) is 0 Å². The fraction of sp³-hybridized carbons (Fsp3) is 0.571. The van der Waals surface area contributed by atoms with Crippen LogP contribution in [0.3, 0.4) is 0 Å². The summed E-state index contributed by atoms with van der Waals surface area (Å²) in [6.07, 6.45) is -3.91. The Kier molecular flexibility index (Phi) is 2.11. The molecule has 1 aromatic rings. The molecular formula is C7H9F3N2O. The Morgan fingerprint density at radius 1 is 1.38 bits per heavy atom. The quantitative estimate of drug-likeness (QED) is 0.742. The number of nitrogens with two attached hydrogens (primary N) is 1. The van der Waals surface area contributed by atoms with E-state index in [1.165, 1.54) is 13.8 Å². The fourth-order valence-electron chi connectivity index (χ4n) is 0.903. The third-order valence-corrected chi connectivity index (χ3v) is 1.49. The molecule has 13 heavy (non-hydrogen) atoms. The summed E-state index contributed by atoms with van der Waals surface area (Å²) in [4.78, 5) is 0. The van der Waals surface area contributed by atoms with Gasteiger partial charge in [0.1, 0.15) is 17.5 Å². The highest BCUT2D eigenvalue weighted by atomic mass is 19.4. The molecule has 0 unspecified atom stereocenters. The zero-order valence-electron chi connectivity index (χ0n) is 7.14. The molecule has 0 aliphatic rings. The average Bonchev–Trinajstić information content (AvgIpc) is 2.27. The first-order valence-electron chi connectivity index (χ1n) is 3.54. The third kappa shape index (κ3) is 2.00. The van der Waals surface area contributed by atoms with Crippen molar-refractivity contribution < 1.29 is 17.7 Å². The van der Waals surface area contributed by atoms with Crippen LogP contribution in [0, 0.1) is 0 Å². The average molecular weight is 194 g/mol. The normalized spacial score (nSPS) is 13.4. The van der Waals surface area contributed by atoms with Crippen LogP contribution in [0.15, 0.2) is 10.8 Å². The highest BCUT2D eigenvalue weighted by Crippen LogP contribution is 2.34. The number of hydrogen-bond donors (Lipinski definition) is 1. The van der Waals surface area contributed by atoms with Gasteiger partial charge in [-0.25, -0.2) is 0 Å². The second-order valence-corrected chi connectivity index (χ2v) is 3.30. The molecular weight excluding hydrogens is 185 g/mol. The van der Waals surface area contributed by atoms with E-state index in [4.69, 9.17) is 5.73 Å². The second-order valence-electron chi connectivity index (χ2n) is 3.30. The first-order valence-corrected chi connectivity index (χ1v) is 3.54. The minimum Gasteiger partial charge on any atom is -0.364 e. The molecule has 1 aromatic heterocycles. The first kappa shape index (κ1) is 10.0. The Morgan fingerprint density at radius 3 is 2.23 bits per heavy atom. The standard InChI is InChI=1S/C7H9F3N2O/c1-6(2,11)5-4(3-13-12-5)7(8,9)10/h3H,11H2,1-2H3. The molecule has 2 N–H and O–H groups in total. The van der Waals surface area contributed by atoms with E-state index in [1.807, 2.05) is 0 Å². The van der Waals surface area contributed by atoms with E-state index in [9.17, 15) is 13.2 Å². The lowest BCUT2D eigenvalue weighted by atomic mass is 9.98. The predicted molar refractivity (Wildman–Crippen MR) is 38.7 cm³/mol. The fourth-order valence-corrected chi connectivity index (χ4v) is 0.903. The van der Waals surface area contributed by atoms with Crippen molar-refractivity contribution in [3.63, 3.8) is 0 Å². The minimum absolute atomic E-state index is 0.278. The topological polar surface area (TPSA) is 52.0 Å². The summed E-state index contributed by atoms with van der Waals surface area (Å²) in [5.41, 5.74) is 3.13. The van der Waals surface area contributed by atoms with Crippen molar-refractivity contribution in [1.82, 2.24) is 5.16 Å². The predicted octanol–water partition coefficient (Wildman–Crippen LogP) is 1.89. The van der Waals surface area contributed by atoms with Gasteiger partial charge in [-0.05, 0) is 13.8 Å². The molecule has 1 rings (SSSR count). The molecule has 0 radical (unpaired) electrons. The van der Waals surface area contributed by atoms with Crippen LogP contribution in [0.5, 0.6) is 0 Å². The van der Waals surface area contributed by atoms with Crippen molar-refractivity contribution in [1.29, 1.82) is 0 Å².